The second kappa shape index (κ2) is 7.09. The van der Waals surface area contributed by atoms with Crippen LogP contribution in [0.25, 0.3) is 0 Å². The average molecular weight is 289 g/mol. The molecule has 2 heterocycles. The highest BCUT2D eigenvalue weighted by atomic mass is 79.9. The number of ether oxygens (including phenoxy) is 1. The van der Waals surface area contributed by atoms with Gasteiger partial charge in [0.15, 0.2) is 0 Å². The molecule has 0 unspecified atom stereocenters. The van der Waals surface area contributed by atoms with Crippen LogP contribution in [0.3, 0.4) is 0 Å². The highest BCUT2D eigenvalue weighted by molar-refractivity contribution is 8.93. The Balaban J connectivity index is 0.00000128. The largest absolute Gasteiger partial charge is 0.379 e. The van der Waals surface area contributed by atoms with Crippen molar-refractivity contribution >= 4 is 17.0 Å². The van der Waals surface area contributed by atoms with Gasteiger partial charge < -0.3 is 9.64 Å². The minimum atomic E-state index is 0. The zero-order valence-electron chi connectivity index (χ0n) is 9.89. The van der Waals surface area contributed by atoms with Crippen molar-refractivity contribution in [2.24, 2.45) is 0 Å². The number of allylic oxidation sites excluding steroid dienone is 2. The summed E-state index contributed by atoms with van der Waals surface area (Å²) in [5.74, 6) is 0. The molecule has 0 aromatic rings. The molecule has 0 aromatic heterocycles. The Bertz CT molecular complexity index is 260. The molecule has 0 aliphatic carbocycles. The first-order valence-corrected chi connectivity index (χ1v) is 5.74. The van der Waals surface area contributed by atoms with E-state index in [1.54, 1.807) is 0 Å². The van der Waals surface area contributed by atoms with E-state index in [0.29, 0.717) is 0 Å². The maximum atomic E-state index is 5.33. The molecule has 1 saturated heterocycles. The van der Waals surface area contributed by atoms with Crippen LogP contribution in [0.15, 0.2) is 23.9 Å². The summed E-state index contributed by atoms with van der Waals surface area (Å²) in [5.41, 5.74) is 1.37. The highest BCUT2D eigenvalue weighted by Gasteiger charge is 2.11. The lowest BCUT2D eigenvalue weighted by Gasteiger charge is -2.30. The van der Waals surface area contributed by atoms with Crippen LogP contribution < -0.4 is 0 Å². The van der Waals surface area contributed by atoms with Gasteiger partial charge in [0, 0.05) is 32.7 Å². The molecule has 0 saturated carbocycles. The summed E-state index contributed by atoms with van der Waals surface area (Å²) < 4.78 is 5.33. The molecular formula is C12H21BrN2O. The first-order valence-electron chi connectivity index (χ1n) is 5.74. The van der Waals surface area contributed by atoms with Crippen molar-refractivity contribution in [2.75, 3.05) is 45.9 Å². The number of rotatable bonds is 3. The number of morpholine rings is 1. The topological polar surface area (TPSA) is 15.7 Å². The third kappa shape index (κ3) is 4.28. The molecule has 4 heteroatoms. The maximum Gasteiger partial charge on any atom is 0.0594 e. The highest BCUT2D eigenvalue weighted by Crippen LogP contribution is 2.06. The van der Waals surface area contributed by atoms with Gasteiger partial charge in [0.25, 0.3) is 0 Å². The monoisotopic (exact) mass is 288 g/mol. The Labute approximate surface area is 109 Å². The molecule has 2 aliphatic heterocycles. The molecule has 2 aliphatic rings. The van der Waals surface area contributed by atoms with E-state index < -0.39 is 0 Å². The van der Waals surface area contributed by atoms with Crippen molar-refractivity contribution in [2.45, 2.75) is 6.92 Å². The fourth-order valence-electron chi connectivity index (χ4n) is 1.87. The van der Waals surface area contributed by atoms with Gasteiger partial charge in [-0.2, -0.15) is 0 Å². The quantitative estimate of drug-likeness (QED) is 0.786. The molecule has 92 valence electrons. The van der Waals surface area contributed by atoms with E-state index in [9.17, 15) is 0 Å². The van der Waals surface area contributed by atoms with Crippen molar-refractivity contribution in [1.82, 2.24) is 9.80 Å². The predicted molar refractivity (Wildman–Crippen MR) is 72.1 cm³/mol. The maximum absolute atomic E-state index is 5.33. The minimum Gasteiger partial charge on any atom is -0.379 e. The van der Waals surface area contributed by atoms with Gasteiger partial charge >= 0.3 is 0 Å². The Hall–Kier alpha value is -0.320. The number of hydrogen-bond acceptors (Lipinski definition) is 3. The molecule has 1 fully saturated rings. The molecule has 16 heavy (non-hydrogen) atoms. The summed E-state index contributed by atoms with van der Waals surface area (Å²) in [6.45, 7) is 9.46. The Kier molecular flexibility index (Phi) is 6.09. The summed E-state index contributed by atoms with van der Waals surface area (Å²) in [7, 11) is 0. The first kappa shape index (κ1) is 13.7. The lowest BCUT2D eigenvalue weighted by Crippen LogP contribution is -2.40. The lowest BCUT2D eigenvalue weighted by atomic mass is 10.2. The van der Waals surface area contributed by atoms with Crippen LogP contribution in [0, 0.1) is 0 Å². The lowest BCUT2D eigenvalue weighted by molar-refractivity contribution is 0.0355. The fourth-order valence-corrected chi connectivity index (χ4v) is 1.87. The number of hydrogen-bond donors (Lipinski definition) is 0. The summed E-state index contributed by atoms with van der Waals surface area (Å²) in [4.78, 5) is 4.84. The van der Waals surface area contributed by atoms with Crippen LogP contribution in [-0.4, -0.2) is 55.7 Å². The second-order valence-electron chi connectivity index (χ2n) is 4.21. The van der Waals surface area contributed by atoms with Gasteiger partial charge in [0.05, 0.1) is 13.2 Å². The smallest absolute Gasteiger partial charge is 0.0594 e. The van der Waals surface area contributed by atoms with Gasteiger partial charge in [0.2, 0.25) is 0 Å². The van der Waals surface area contributed by atoms with Crippen molar-refractivity contribution in [3.8, 4) is 0 Å². The average Bonchev–Trinajstić information content (AvgIpc) is 2.30. The summed E-state index contributed by atoms with van der Waals surface area (Å²) in [5, 5.41) is 0. The standard InChI is InChI=1S/C12H20N2O.BrH/c1-12-2-4-13(5-3-12)6-7-14-8-10-15-11-9-14;/h2-4H,5-11H2,1H3;1H. The first-order chi connectivity index (χ1) is 7.34. The van der Waals surface area contributed by atoms with Gasteiger partial charge in [-0.15, -0.1) is 17.0 Å². The molecule has 0 spiro atoms. The Morgan fingerprint density at radius 2 is 2.00 bits per heavy atom. The van der Waals surface area contributed by atoms with E-state index >= 15 is 0 Å². The van der Waals surface area contributed by atoms with Crippen molar-refractivity contribution in [1.29, 1.82) is 0 Å². The molecule has 0 aromatic carbocycles. The molecular weight excluding hydrogens is 268 g/mol. The Morgan fingerprint density at radius 1 is 1.25 bits per heavy atom. The molecule has 0 atom stereocenters. The third-order valence-corrected chi connectivity index (χ3v) is 3.00. The molecule has 0 bridgehead atoms. The minimum absolute atomic E-state index is 0. The number of halogens is 1. The molecule has 0 N–H and O–H groups in total. The predicted octanol–water partition coefficient (Wildman–Crippen LogP) is 1.67. The molecule has 2 rings (SSSR count). The summed E-state index contributed by atoms with van der Waals surface area (Å²) >= 11 is 0. The SMILES string of the molecule is Br.CC1=CCN(CCN2CCOCC2)C=C1. The van der Waals surface area contributed by atoms with E-state index in [-0.39, 0.29) is 17.0 Å². The number of nitrogens with zero attached hydrogens (tertiary/aromatic N) is 2. The van der Waals surface area contributed by atoms with Crippen molar-refractivity contribution in [3.63, 3.8) is 0 Å². The Morgan fingerprint density at radius 3 is 2.62 bits per heavy atom. The van der Waals surface area contributed by atoms with E-state index in [0.717, 1.165) is 45.9 Å². The zero-order chi connectivity index (χ0) is 10.5. The van der Waals surface area contributed by atoms with Crippen molar-refractivity contribution in [3.05, 3.63) is 23.9 Å². The normalized spacial score (nSPS) is 21.6. The summed E-state index contributed by atoms with van der Waals surface area (Å²) in [6.07, 6.45) is 6.66. The van der Waals surface area contributed by atoms with Gasteiger partial charge in [0.1, 0.15) is 0 Å². The molecule has 0 amide bonds. The van der Waals surface area contributed by atoms with Crippen LogP contribution in [0.4, 0.5) is 0 Å². The van der Waals surface area contributed by atoms with E-state index in [4.69, 9.17) is 4.74 Å². The molecule has 3 nitrogen and oxygen atoms in total. The van der Waals surface area contributed by atoms with Crippen LogP contribution in [0.1, 0.15) is 6.92 Å². The molecule has 0 radical (unpaired) electrons. The van der Waals surface area contributed by atoms with E-state index in [2.05, 4.69) is 35.1 Å². The van der Waals surface area contributed by atoms with E-state index in [1.807, 2.05) is 0 Å². The van der Waals surface area contributed by atoms with Crippen LogP contribution in [0.5, 0.6) is 0 Å². The van der Waals surface area contributed by atoms with Crippen LogP contribution >= 0.6 is 17.0 Å². The van der Waals surface area contributed by atoms with Crippen LogP contribution in [-0.2, 0) is 4.74 Å². The van der Waals surface area contributed by atoms with Gasteiger partial charge in [-0.25, -0.2) is 0 Å². The van der Waals surface area contributed by atoms with Gasteiger partial charge in [-0.1, -0.05) is 11.6 Å². The zero-order valence-corrected chi connectivity index (χ0v) is 11.6. The van der Waals surface area contributed by atoms with Crippen LogP contribution in [0.2, 0.25) is 0 Å². The van der Waals surface area contributed by atoms with E-state index in [1.165, 1.54) is 5.57 Å². The van der Waals surface area contributed by atoms with Gasteiger partial charge in [-0.3, -0.25) is 4.90 Å². The summed E-state index contributed by atoms with van der Waals surface area (Å²) in [6, 6.07) is 0. The second-order valence-corrected chi connectivity index (χ2v) is 4.21. The van der Waals surface area contributed by atoms with Crippen molar-refractivity contribution < 1.29 is 4.74 Å². The third-order valence-electron chi connectivity index (χ3n) is 3.00. The fraction of sp³-hybridized carbons (Fsp3) is 0.667. The van der Waals surface area contributed by atoms with Gasteiger partial charge in [-0.05, 0) is 19.2 Å².